The molecule has 0 saturated heterocycles. The van der Waals surface area contributed by atoms with Crippen molar-refractivity contribution in [1.29, 1.82) is 0 Å². The van der Waals surface area contributed by atoms with E-state index in [1.165, 1.54) is 27.4 Å². The Morgan fingerprint density at radius 2 is 0.961 bits per heavy atom. The standard InChI is InChI=1S/C47H31N3O/c1-3-13-32(14-4-1)33-23-25-36(26-24-33)49(37-27-29-38(30-28-37)50-42-21-11-9-19-40(42)41-20-10-12-22-43(41)50)44-31-35-17-7-8-18-39(35)46-45(44)48-47(51-46)34-15-5-2-6-16-34/h1-31H. The SMILES string of the molecule is c1ccc(-c2ccc(N(c3ccc(-n4c5ccccc5c5ccccc54)cc3)c3cc4ccccc4c4oc(-c5ccccc5)nc34)cc2)cc1. The molecule has 0 aliphatic heterocycles. The number of para-hydroxylation sites is 2. The Balaban J connectivity index is 1.18. The third-order valence-electron chi connectivity index (χ3n) is 9.81. The van der Waals surface area contributed by atoms with Gasteiger partial charge in [-0.2, -0.15) is 0 Å². The Hall–Kier alpha value is -6.91. The van der Waals surface area contributed by atoms with Gasteiger partial charge in [0.2, 0.25) is 5.89 Å². The van der Waals surface area contributed by atoms with E-state index in [2.05, 4.69) is 167 Å². The molecule has 0 N–H and O–H groups in total. The smallest absolute Gasteiger partial charge is 0.227 e. The lowest BCUT2D eigenvalue weighted by Crippen LogP contribution is -2.11. The van der Waals surface area contributed by atoms with Gasteiger partial charge in [0, 0.05) is 38.8 Å². The Labute approximate surface area is 295 Å². The van der Waals surface area contributed by atoms with Crippen LogP contribution in [0.15, 0.2) is 192 Å². The summed E-state index contributed by atoms with van der Waals surface area (Å²) >= 11 is 0. The molecular formula is C47H31N3O. The number of rotatable bonds is 6. The van der Waals surface area contributed by atoms with Gasteiger partial charge in [-0.05, 0) is 83.2 Å². The molecule has 2 heterocycles. The maximum atomic E-state index is 6.62. The van der Waals surface area contributed by atoms with Crippen molar-refractivity contribution in [2.45, 2.75) is 0 Å². The number of hydrogen-bond donors (Lipinski definition) is 0. The first-order valence-electron chi connectivity index (χ1n) is 17.2. The lowest BCUT2D eigenvalue weighted by atomic mass is 10.0. The van der Waals surface area contributed by atoms with E-state index in [1.54, 1.807) is 0 Å². The van der Waals surface area contributed by atoms with Crippen LogP contribution in [0.4, 0.5) is 17.1 Å². The van der Waals surface area contributed by atoms with Crippen LogP contribution in [0, 0.1) is 0 Å². The molecule has 0 amide bonds. The summed E-state index contributed by atoms with van der Waals surface area (Å²) < 4.78 is 8.97. The van der Waals surface area contributed by atoms with Gasteiger partial charge < -0.3 is 13.9 Å². The van der Waals surface area contributed by atoms with Gasteiger partial charge in [-0.25, -0.2) is 4.98 Å². The van der Waals surface area contributed by atoms with Crippen LogP contribution in [0.5, 0.6) is 0 Å². The summed E-state index contributed by atoms with van der Waals surface area (Å²) in [6, 6.07) is 66.1. The highest BCUT2D eigenvalue weighted by Gasteiger charge is 2.22. The molecule has 51 heavy (non-hydrogen) atoms. The minimum atomic E-state index is 0.601. The molecule has 0 fully saturated rings. The molecular weight excluding hydrogens is 623 g/mol. The maximum absolute atomic E-state index is 6.62. The highest BCUT2D eigenvalue weighted by atomic mass is 16.3. The van der Waals surface area contributed by atoms with E-state index < -0.39 is 0 Å². The number of benzene rings is 8. The second-order valence-corrected chi connectivity index (χ2v) is 12.8. The Morgan fingerprint density at radius 3 is 1.61 bits per heavy atom. The Kier molecular flexibility index (Phi) is 6.78. The van der Waals surface area contributed by atoms with Crippen LogP contribution in [0.2, 0.25) is 0 Å². The number of nitrogens with zero attached hydrogens (tertiary/aromatic N) is 3. The molecule has 0 unspecified atom stereocenters. The van der Waals surface area contributed by atoms with Gasteiger partial charge in [0.05, 0.1) is 16.7 Å². The van der Waals surface area contributed by atoms with E-state index in [0.29, 0.717) is 5.89 Å². The number of fused-ring (bicyclic) bond motifs is 6. The first-order chi connectivity index (χ1) is 25.3. The zero-order valence-electron chi connectivity index (χ0n) is 27.6. The summed E-state index contributed by atoms with van der Waals surface area (Å²) in [5.41, 5.74) is 11.4. The molecule has 0 spiro atoms. The Morgan fingerprint density at radius 1 is 0.451 bits per heavy atom. The molecule has 8 aromatic carbocycles. The van der Waals surface area contributed by atoms with E-state index >= 15 is 0 Å². The fourth-order valence-electron chi connectivity index (χ4n) is 7.41. The predicted octanol–water partition coefficient (Wildman–Crippen LogP) is 12.9. The maximum Gasteiger partial charge on any atom is 0.227 e. The van der Waals surface area contributed by atoms with Crippen LogP contribution >= 0.6 is 0 Å². The first kappa shape index (κ1) is 29.0. The molecule has 2 aromatic heterocycles. The third kappa shape index (κ3) is 4.88. The minimum Gasteiger partial charge on any atom is -0.435 e. The molecule has 0 aliphatic carbocycles. The second kappa shape index (κ2) is 11.9. The molecule has 0 aliphatic rings. The van der Waals surface area contributed by atoms with Crippen molar-refractivity contribution >= 4 is 60.7 Å². The van der Waals surface area contributed by atoms with Crippen LogP contribution in [-0.4, -0.2) is 9.55 Å². The number of aromatic nitrogens is 2. The fraction of sp³-hybridized carbons (Fsp3) is 0. The summed E-state index contributed by atoms with van der Waals surface area (Å²) in [4.78, 5) is 7.49. The highest BCUT2D eigenvalue weighted by molar-refractivity contribution is 6.11. The van der Waals surface area contributed by atoms with Crippen molar-refractivity contribution in [3.8, 4) is 28.3 Å². The van der Waals surface area contributed by atoms with Gasteiger partial charge >= 0.3 is 0 Å². The molecule has 240 valence electrons. The van der Waals surface area contributed by atoms with Crippen LogP contribution in [-0.2, 0) is 0 Å². The lowest BCUT2D eigenvalue weighted by Gasteiger charge is -2.26. The Bertz CT molecular complexity index is 2780. The summed E-state index contributed by atoms with van der Waals surface area (Å²) in [7, 11) is 0. The van der Waals surface area contributed by atoms with Gasteiger partial charge in [-0.1, -0.05) is 121 Å². The van der Waals surface area contributed by atoms with Crippen molar-refractivity contribution in [2.75, 3.05) is 4.90 Å². The number of oxazole rings is 1. The van der Waals surface area contributed by atoms with E-state index in [9.17, 15) is 0 Å². The quantitative estimate of drug-likeness (QED) is 0.179. The average molecular weight is 654 g/mol. The average Bonchev–Trinajstić information content (AvgIpc) is 3.80. The van der Waals surface area contributed by atoms with Crippen molar-refractivity contribution in [3.05, 3.63) is 188 Å². The fourth-order valence-corrected chi connectivity index (χ4v) is 7.41. The topological polar surface area (TPSA) is 34.2 Å². The van der Waals surface area contributed by atoms with Crippen LogP contribution < -0.4 is 4.90 Å². The molecule has 10 aromatic rings. The molecule has 0 saturated carbocycles. The van der Waals surface area contributed by atoms with Crippen LogP contribution in [0.1, 0.15) is 0 Å². The summed E-state index contributed by atoms with van der Waals surface area (Å²) in [6.07, 6.45) is 0. The van der Waals surface area contributed by atoms with Gasteiger partial charge in [0.15, 0.2) is 5.58 Å². The number of anilines is 3. The first-order valence-corrected chi connectivity index (χ1v) is 17.2. The summed E-state index contributed by atoms with van der Waals surface area (Å²) in [5.74, 6) is 0.601. The van der Waals surface area contributed by atoms with E-state index in [1.807, 2.05) is 30.3 Å². The van der Waals surface area contributed by atoms with E-state index in [0.717, 1.165) is 55.7 Å². The van der Waals surface area contributed by atoms with Crippen molar-refractivity contribution in [3.63, 3.8) is 0 Å². The monoisotopic (exact) mass is 653 g/mol. The molecule has 4 heteroatoms. The van der Waals surface area contributed by atoms with Gasteiger partial charge in [-0.15, -0.1) is 0 Å². The molecule has 4 nitrogen and oxygen atoms in total. The van der Waals surface area contributed by atoms with E-state index in [-0.39, 0.29) is 0 Å². The summed E-state index contributed by atoms with van der Waals surface area (Å²) in [5, 5.41) is 4.61. The predicted molar refractivity (Wildman–Crippen MR) is 211 cm³/mol. The zero-order valence-corrected chi connectivity index (χ0v) is 27.6. The van der Waals surface area contributed by atoms with Crippen molar-refractivity contribution < 1.29 is 4.42 Å². The second-order valence-electron chi connectivity index (χ2n) is 12.8. The van der Waals surface area contributed by atoms with Gasteiger partial charge in [0.1, 0.15) is 5.52 Å². The summed E-state index contributed by atoms with van der Waals surface area (Å²) in [6.45, 7) is 0. The zero-order chi connectivity index (χ0) is 33.7. The molecule has 10 rings (SSSR count). The largest absolute Gasteiger partial charge is 0.435 e. The lowest BCUT2D eigenvalue weighted by molar-refractivity contribution is 0.623. The van der Waals surface area contributed by atoms with Gasteiger partial charge in [0.25, 0.3) is 0 Å². The number of hydrogen-bond acceptors (Lipinski definition) is 3. The molecule has 0 bridgehead atoms. The van der Waals surface area contributed by atoms with E-state index in [4.69, 9.17) is 9.40 Å². The molecule has 0 radical (unpaired) electrons. The van der Waals surface area contributed by atoms with Crippen molar-refractivity contribution in [2.24, 2.45) is 0 Å². The highest BCUT2D eigenvalue weighted by Crippen LogP contribution is 2.44. The van der Waals surface area contributed by atoms with Crippen LogP contribution in [0.3, 0.4) is 0 Å². The third-order valence-corrected chi connectivity index (χ3v) is 9.81. The van der Waals surface area contributed by atoms with Gasteiger partial charge in [-0.3, -0.25) is 0 Å². The normalized spacial score (nSPS) is 11.5. The van der Waals surface area contributed by atoms with Crippen molar-refractivity contribution in [1.82, 2.24) is 9.55 Å². The minimum absolute atomic E-state index is 0.601. The van der Waals surface area contributed by atoms with Crippen LogP contribution in [0.25, 0.3) is 71.9 Å². The molecule has 0 atom stereocenters.